The first-order chi connectivity index (χ1) is 9.35. The second kappa shape index (κ2) is 4.30. The molecule has 4 rings (SSSR count). The fourth-order valence-corrected chi connectivity index (χ4v) is 3.72. The van der Waals surface area contributed by atoms with Crippen molar-refractivity contribution in [3.05, 3.63) is 30.3 Å². The van der Waals surface area contributed by atoms with Crippen LogP contribution in [-0.4, -0.2) is 22.4 Å². The van der Waals surface area contributed by atoms with E-state index < -0.39 is 0 Å². The number of piperidine rings is 1. The Morgan fingerprint density at radius 3 is 2.74 bits per heavy atom. The zero-order chi connectivity index (χ0) is 12.7. The van der Waals surface area contributed by atoms with Gasteiger partial charge in [-0.1, -0.05) is 30.3 Å². The molecule has 1 saturated carbocycles. The fourth-order valence-electron chi connectivity index (χ4n) is 3.00. The van der Waals surface area contributed by atoms with E-state index in [1.165, 1.54) is 32.2 Å². The maximum absolute atomic E-state index is 4.73. The van der Waals surface area contributed by atoms with Gasteiger partial charge in [0.15, 0.2) is 5.82 Å². The van der Waals surface area contributed by atoms with Crippen LogP contribution in [0.1, 0.15) is 25.7 Å². The van der Waals surface area contributed by atoms with Gasteiger partial charge in [0.05, 0.1) is 0 Å². The SMILES string of the molecule is c1ccc(-c2nsc(N3CCCC4(CC4)C3)n2)cc1. The Morgan fingerprint density at radius 1 is 1.11 bits per heavy atom. The highest BCUT2D eigenvalue weighted by Gasteiger charge is 2.45. The number of hydrogen-bond acceptors (Lipinski definition) is 4. The lowest BCUT2D eigenvalue weighted by molar-refractivity contribution is 0.395. The predicted molar refractivity (Wildman–Crippen MR) is 78.5 cm³/mol. The number of anilines is 1. The molecular formula is C15H17N3S. The standard InChI is InChI=1S/C15H17N3S/c1-2-5-12(6-3-1)13-16-14(19-17-13)18-10-4-7-15(11-18)8-9-15/h1-3,5-6H,4,7-11H2. The van der Waals surface area contributed by atoms with Gasteiger partial charge in [-0.3, -0.25) is 0 Å². The summed E-state index contributed by atoms with van der Waals surface area (Å²) in [7, 11) is 0. The summed E-state index contributed by atoms with van der Waals surface area (Å²) in [5.41, 5.74) is 1.75. The third-order valence-corrected chi connectivity index (χ3v) is 5.11. The minimum atomic E-state index is 0.636. The van der Waals surface area contributed by atoms with E-state index in [0.717, 1.165) is 23.1 Å². The molecule has 2 aliphatic rings. The molecule has 1 spiro atoms. The Kier molecular flexibility index (Phi) is 2.58. The van der Waals surface area contributed by atoms with Crippen molar-refractivity contribution in [2.75, 3.05) is 18.0 Å². The van der Waals surface area contributed by atoms with E-state index in [4.69, 9.17) is 4.98 Å². The van der Waals surface area contributed by atoms with Crippen LogP contribution < -0.4 is 4.90 Å². The molecule has 1 aromatic carbocycles. The first-order valence-corrected chi connectivity index (χ1v) is 7.76. The van der Waals surface area contributed by atoms with Crippen LogP contribution in [0.3, 0.4) is 0 Å². The maximum atomic E-state index is 4.73. The van der Waals surface area contributed by atoms with Crippen LogP contribution in [0.25, 0.3) is 11.4 Å². The normalized spacial score (nSPS) is 20.7. The first kappa shape index (κ1) is 11.4. The molecule has 0 unspecified atom stereocenters. The zero-order valence-corrected chi connectivity index (χ0v) is 11.7. The average molecular weight is 271 g/mol. The van der Waals surface area contributed by atoms with Crippen molar-refractivity contribution in [2.45, 2.75) is 25.7 Å². The lowest BCUT2D eigenvalue weighted by atomic mass is 9.95. The zero-order valence-electron chi connectivity index (χ0n) is 10.9. The Hall–Kier alpha value is -1.42. The Morgan fingerprint density at radius 2 is 1.95 bits per heavy atom. The molecule has 0 atom stereocenters. The van der Waals surface area contributed by atoms with Crippen LogP contribution in [0.4, 0.5) is 5.13 Å². The van der Waals surface area contributed by atoms with Crippen LogP contribution in [0.15, 0.2) is 30.3 Å². The van der Waals surface area contributed by atoms with Gasteiger partial charge in [0.2, 0.25) is 5.13 Å². The number of nitrogens with zero attached hydrogens (tertiary/aromatic N) is 3. The molecule has 2 aromatic rings. The molecule has 2 fully saturated rings. The average Bonchev–Trinajstić information content (AvgIpc) is 3.04. The van der Waals surface area contributed by atoms with Crippen molar-refractivity contribution >= 4 is 16.7 Å². The third-order valence-electron chi connectivity index (χ3n) is 4.34. The maximum Gasteiger partial charge on any atom is 0.205 e. The van der Waals surface area contributed by atoms with Gasteiger partial charge in [0.25, 0.3) is 0 Å². The van der Waals surface area contributed by atoms with Gasteiger partial charge in [-0.2, -0.15) is 9.36 Å². The minimum absolute atomic E-state index is 0.636. The number of hydrogen-bond donors (Lipinski definition) is 0. The molecule has 0 bridgehead atoms. The monoisotopic (exact) mass is 271 g/mol. The summed E-state index contributed by atoms with van der Waals surface area (Å²) in [6, 6.07) is 10.2. The van der Waals surface area contributed by atoms with Crippen molar-refractivity contribution in [1.29, 1.82) is 0 Å². The van der Waals surface area contributed by atoms with Crippen molar-refractivity contribution in [3.8, 4) is 11.4 Å². The fraction of sp³-hybridized carbons (Fsp3) is 0.467. The lowest BCUT2D eigenvalue weighted by Crippen LogP contribution is -2.36. The molecule has 4 heteroatoms. The third kappa shape index (κ3) is 2.14. The van der Waals surface area contributed by atoms with Crippen LogP contribution >= 0.6 is 11.5 Å². The van der Waals surface area contributed by atoms with E-state index in [1.54, 1.807) is 11.5 Å². The highest BCUT2D eigenvalue weighted by molar-refractivity contribution is 7.09. The molecule has 1 aliphatic carbocycles. The van der Waals surface area contributed by atoms with Crippen molar-refractivity contribution in [3.63, 3.8) is 0 Å². The summed E-state index contributed by atoms with van der Waals surface area (Å²) < 4.78 is 4.52. The lowest BCUT2D eigenvalue weighted by Gasteiger charge is -2.32. The highest BCUT2D eigenvalue weighted by atomic mass is 32.1. The summed E-state index contributed by atoms with van der Waals surface area (Å²) in [4.78, 5) is 7.18. The second-order valence-electron chi connectivity index (χ2n) is 5.79. The summed E-state index contributed by atoms with van der Waals surface area (Å²) in [6.45, 7) is 2.33. The molecule has 0 amide bonds. The molecule has 0 N–H and O–H groups in total. The van der Waals surface area contributed by atoms with E-state index in [0.29, 0.717) is 5.41 Å². The van der Waals surface area contributed by atoms with E-state index in [9.17, 15) is 0 Å². The molecule has 1 aromatic heterocycles. The van der Waals surface area contributed by atoms with Crippen molar-refractivity contribution in [1.82, 2.24) is 9.36 Å². The summed E-state index contributed by atoms with van der Waals surface area (Å²) in [6.07, 6.45) is 5.54. The number of aromatic nitrogens is 2. The van der Waals surface area contributed by atoms with Gasteiger partial charge < -0.3 is 4.90 Å². The van der Waals surface area contributed by atoms with Gasteiger partial charge in [-0.15, -0.1) is 0 Å². The van der Waals surface area contributed by atoms with E-state index in [2.05, 4.69) is 21.4 Å². The van der Waals surface area contributed by atoms with E-state index in [1.807, 2.05) is 18.2 Å². The summed E-state index contributed by atoms with van der Waals surface area (Å²) in [5, 5.41) is 1.10. The Bertz CT molecular complexity index is 574. The number of rotatable bonds is 2. The van der Waals surface area contributed by atoms with Crippen molar-refractivity contribution < 1.29 is 0 Å². The smallest absolute Gasteiger partial charge is 0.205 e. The molecular weight excluding hydrogens is 254 g/mol. The summed E-state index contributed by atoms with van der Waals surface area (Å²) in [5.74, 6) is 0.871. The first-order valence-electron chi connectivity index (χ1n) is 6.99. The quantitative estimate of drug-likeness (QED) is 0.836. The van der Waals surface area contributed by atoms with Crippen molar-refractivity contribution in [2.24, 2.45) is 5.41 Å². The minimum Gasteiger partial charge on any atom is -0.346 e. The number of benzene rings is 1. The topological polar surface area (TPSA) is 29.0 Å². The Labute approximate surface area is 117 Å². The van der Waals surface area contributed by atoms with E-state index >= 15 is 0 Å². The second-order valence-corrected chi connectivity index (χ2v) is 6.52. The molecule has 2 heterocycles. The van der Waals surface area contributed by atoms with Crippen LogP contribution in [0.5, 0.6) is 0 Å². The van der Waals surface area contributed by atoms with Crippen LogP contribution in [-0.2, 0) is 0 Å². The van der Waals surface area contributed by atoms with Gasteiger partial charge in [-0.25, -0.2) is 0 Å². The molecule has 1 aliphatic heterocycles. The van der Waals surface area contributed by atoms with Gasteiger partial charge in [0, 0.05) is 30.2 Å². The molecule has 19 heavy (non-hydrogen) atoms. The summed E-state index contributed by atoms with van der Waals surface area (Å²) >= 11 is 1.54. The van der Waals surface area contributed by atoms with Crippen LogP contribution in [0.2, 0.25) is 0 Å². The highest BCUT2D eigenvalue weighted by Crippen LogP contribution is 2.52. The molecule has 1 saturated heterocycles. The Balaban J connectivity index is 1.58. The van der Waals surface area contributed by atoms with Gasteiger partial charge in [0.1, 0.15) is 0 Å². The predicted octanol–water partition coefficient (Wildman–Crippen LogP) is 3.59. The van der Waals surface area contributed by atoms with Crippen LogP contribution in [0, 0.1) is 5.41 Å². The van der Waals surface area contributed by atoms with Gasteiger partial charge in [-0.05, 0) is 31.1 Å². The largest absolute Gasteiger partial charge is 0.346 e. The van der Waals surface area contributed by atoms with E-state index in [-0.39, 0.29) is 0 Å². The molecule has 98 valence electrons. The molecule has 0 radical (unpaired) electrons. The van der Waals surface area contributed by atoms with Gasteiger partial charge >= 0.3 is 0 Å². The molecule has 3 nitrogen and oxygen atoms in total.